The first-order valence-corrected chi connectivity index (χ1v) is 6.87. The minimum Gasteiger partial charge on any atom is -0.443 e. The van der Waals surface area contributed by atoms with Gasteiger partial charge in [-0.2, -0.15) is 4.90 Å². The van der Waals surface area contributed by atoms with E-state index < -0.39 is 23.4 Å². The van der Waals surface area contributed by atoms with E-state index in [0.29, 0.717) is 5.69 Å². The van der Waals surface area contributed by atoms with Crippen molar-refractivity contribution in [2.45, 2.75) is 52.7 Å². The highest BCUT2D eigenvalue weighted by molar-refractivity contribution is 6.08. The van der Waals surface area contributed by atoms with Crippen molar-refractivity contribution < 1.29 is 19.1 Å². The number of hydrogen-bond donors (Lipinski definition) is 1. The minimum atomic E-state index is -0.862. The maximum atomic E-state index is 12.3. The molecule has 1 heterocycles. The minimum absolute atomic E-state index is 0.0812. The van der Waals surface area contributed by atoms with Crippen molar-refractivity contribution in [2.24, 2.45) is 0 Å². The lowest BCUT2D eigenvalue weighted by atomic mass is 10.2. The zero-order valence-corrected chi connectivity index (χ0v) is 13.8. The molecule has 0 atom stereocenters. The summed E-state index contributed by atoms with van der Waals surface area (Å²) in [5.41, 5.74) is 4.47. The third kappa shape index (κ3) is 5.59. The lowest BCUT2D eigenvalue weighted by molar-refractivity contribution is 0.0429. The monoisotopic (exact) mass is 309 g/mol. The Morgan fingerprint density at radius 2 is 1.45 bits per heavy atom. The molecule has 7 nitrogen and oxygen atoms in total. The number of pyridine rings is 1. The van der Waals surface area contributed by atoms with Gasteiger partial charge in [-0.05, 0) is 53.7 Å². The second kappa shape index (κ2) is 6.21. The second-order valence-electron chi connectivity index (χ2n) is 6.75. The lowest BCUT2D eigenvalue weighted by Gasteiger charge is -2.28. The van der Waals surface area contributed by atoms with Crippen LogP contribution in [0.15, 0.2) is 18.3 Å². The zero-order valence-electron chi connectivity index (χ0n) is 13.8. The Morgan fingerprint density at radius 3 is 1.77 bits per heavy atom. The number of rotatable bonds is 1. The molecule has 0 fully saturated rings. The molecule has 2 N–H and O–H groups in total. The number of carbonyl (C=O) groups is 2. The van der Waals surface area contributed by atoms with Crippen molar-refractivity contribution in [1.82, 2.24) is 4.98 Å². The molecule has 0 aliphatic heterocycles. The van der Waals surface area contributed by atoms with Gasteiger partial charge in [-0.1, -0.05) is 0 Å². The van der Waals surface area contributed by atoms with Crippen molar-refractivity contribution >= 4 is 23.7 Å². The van der Waals surface area contributed by atoms with Crippen molar-refractivity contribution in [3.05, 3.63) is 18.3 Å². The molecule has 7 heteroatoms. The van der Waals surface area contributed by atoms with Crippen LogP contribution < -0.4 is 10.6 Å². The summed E-state index contributed by atoms with van der Waals surface area (Å²) in [6.07, 6.45) is -0.380. The van der Waals surface area contributed by atoms with E-state index in [9.17, 15) is 9.59 Å². The van der Waals surface area contributed by atoms with Gasteiger partial charge in [0.2, 0.25) is 0 Å². The number of nitrogens with zero attached hydrogens (tertiary/aromatic N) is 2. The van der Waals surface area contributed by atoms with E-state index >= 15 is 0 Å². The Morgan fingerprint density at radius 1 is 1.00 bits per heavy atom. The predicted molar refractivity (Wildman–Crippen MR) is 83.6 cm³/mol. The molecule has 2 amide bonds. The molecular weight excluding hydrogens is 286 g/mol. The maximum absolute atomic E-state index is 12.3. The molecule has 0 bridgehead atoms. The van der Waals surface area contributed by atoms with E-state index in [1.165, 1.54) is 18.3 Å². The number of carbonyl (C=O) groups excluding carboxylic acids is 2. The molecular formula is C15H23N3O4. The van der Waals surface area contributed by atoms with Gasteiger partial charge in [0.25, 0.3) is 0 Å². The van der Waals surface area contributed by atoms with Crippen LogP contribution in [-0.4, -0.2) is 28.4 Å². The molecule has 0 aliphatic carbocycles. The summed E-state index contributed by atoms with van der Waals surface area (Å²) >= 11 is 0. The molecule has 1 aromatic heterocycles. The van der Waals surface area contributed by atoms with Crippen LogP contribution in [0.4, 0.5) is 21.1 Å². The highest BCUT2D eigenvalue weighted by Crippen LogP contribution is 2.20. The molecule has 0 spiro atoms. The summed E-state index contributed by atoms with van der Waals surface area (Å²) in [4.78, 5) is 29.3. The van der Waals surface area contributed by atoms with Crippen LogP contribution in [0.1, 0.15) is 41.5 Å². The molecule has 1 rings (SSSR count). The largest absolute Gasteiger partial charge is 0.443 e. The van der Waals surface area contributed by atoms with Crippen LogP contribution in [0, 0.1) is 0 Å². The van der Waals surface area contributed by atoms with Gasteiger partial charge in [-0.25, -0.2) is 14.6 Å². The van der Waals surface area contributed by atoms with Crippen molar-refractivity contribution in [1.29, 1.82) is 0 Å². The molecule has 0 aromatic carbocycles. The average Bonchev–Trinajstić information content (AvgIpc) is 2.27. The van der Waals surface area contributed by atoms with E-state index in [0.717, 1.165) is 4.90 Å². The smallest absolute Gasteiger partial charge is 0.425 e. The predicted octanol–water partition coefficient (Wildman–Crippen LogP) is 3.34. The first-order chi connectivity index (χ1) is 9.89. The maximum Gasteiger partial charge on any atom is 0.425 e. The normalized spacial score (nSPS) is 11.7. The van der Waals surface area contributed by atoms with Gasteiger partial charge in [0.1, 0.15) is 17.0 Å². The van der Waals surface area contributed by atoms with Crippen LogP contribution >= 0.6 is 0 Å². The first-order valence-electron chi connectivity index (χ1n) is 6.87. The van der Waals surface area contributed by atoms with Crippen LogP contribution in [0.5, 0.6) is 0 Å². The molecule has 0 saturated carbocycles. The van der Waals surface area contributed by atoms with E-state index in [2.05, 4.69) is 4.98 Å². The second-order valence-corrected chi connectivity index (χ2v) is 6.75. The van der Waals surface area contributed by atoms with Gasteiger partial charge in [0.15, 0.2) is 0 Å². The Hall–Kier alpha value is -2.31. The quantitative estimate of drug-likeness (QED) is 0.855. The SMILES string of the molecule is CC(C)(C)OC(=O)N(C(=O)OC(C)(C)C)c1ccc(N)cn1. The number of ether oxygens (including phenoxy) is 2. The standard InChI is InChI=1S/C15H23N3O4/c1-14(2,3)21-12(19)18(13(20)22-15(4,5)6)11-8-7-10(16)9-17-11/h7-9H,16H2,1-6H3. The van der Waals surface area contributed by atoms with Crippen LogP contribution in [-0.2, 0) is 9.47 Å². The number of nitrogen functional groups attached to an aromatic ring is 1. The highest BCUT2D eigenvalue weighted by Gasteiger charge is 2.33. The topological polar surface area (TPSA) is 94.8 Å². The summed E-state index contributed by atoms with van der Waals surface area (Å²) in [6, 6.07) is 2.98. The van der Waals surface area contributed by atoms with E-state index in [1.807, 2.05) is 0 Å². The number of amides is 2. The van der Waals surface area contributed by atoms with E-state index in [1.54, 1.807) is 41.5 Å². The number of anilines is 2. The molecule has 0 aliphatic rings. The van der Waals surface area contributed by atoms with Gasteiger partial charge >= 0.3 is 12.2 Å². The molecule has 0 saturated heterocycles. The van der Waals surface area contributed by atoms with Gasteiger partial charge in [0, 0.05) is 0 Å². The summed E-state index contributed by atoms with van der Waals surface area (Å²) in [5.74, 6) is 0.0812. The summed E-state index contributed by atoms with van der Waals surface area (Å²) in [6.45, 7) is 10.2. The fraction of sp³-hybridized carbons (Fsp3) is 0.533. The number of nitrogens with two attached hydrogens (primary N) is 1. The van der Waals surface area contributed by atoms with Crippen molar-refractivity contribution in [2.75, 3.05) is 10.6 Å². The molecule has 0 radical (unpaired) electrons. The van der Waals surface area contributed by atoms with Gasteiger partial charge in [-0.3, -0.25) is 0 Å². The summed E-state index contributed by atoms with van der Waals surface area (Å²) in [7, 11) is 0. The van der Waals surface area contributed by atoms with E-state index in [4.69, 9.17) is 15.2 Å². The van der Waals surface area contributed by atoms with Crippen LogP contribution in [0.2, 0.25) is 0 Å². The Labute approximate surface area is 130 Å². The fourth-order valence-electron chi connectivity index (χ4n) is 1.41. The molecule has 1 aromatic rings. The molecule has 122 valence electrons. The van der Waals surface area contributed by atoms with Crippen molar-refractivity contribution in [3.8, 4) is 0 Å². The molecule has 0 unspecified atom stereocenters. The van der Waals surface area contributed by atoms with E-state index in [-0.39, 0.29) is 5.82 Å². The van der Waals surface area contributed by atoms with Crippen LogP contribution in [0.3, 0.4) is 0 Å². The average molecular weight is 309 g/mol. The third-order valence-corrected chi connectivity index (χ3v) is 2.15. The molecule has 22 heavy (non-hydrogen) atoms. The summed E-state index contributed by atoms with van der Waals surface area (Å²) in [5, 5.41) is 0. The highest BCUT2D eigenvalue weighted by atomic mass is 16.6. The Kier molecular flexibility index (Phi) is 5.01. The third-order valence-electron chi connectivity index (χ3n) is 2.15. The Balaban J connectivity index is 3.12. The van der Waals surface area contributed by atoms with Gasteiger partial charge in [-0.15, -0.1) is 0 Å². The Bertz CT molecular complexity index is 513. The van der Waals surface area contributed by atoms with Crippen molar-refractivity contribution in [3.63, 3.8) is 0 Å². The lowest BCUT2D eigenvalue weighted by Crippen LogP contribution is -2.44. The fourth-order valence-corrected chi connectivity index (χ4v) is 1.41. The number of hydrogen-bond acceptors (Lipinski definition) is 6. The van der Waals surface area contributed by atoms with Crippen LogP contribution in [0.25, 0.3) is 0 Å². The zero-order chi connectivity index (χ0) is 17.1. The van der Waals surface area contributed by atoms with Gasteiger partial charge < -0.3 is 15.2 Å². The first kappa shape index (κ1) is 17.7. The number of imide groups is 1. The number of aromatic nitrogens is 1. The van der Waals surface area contributed by atoms with Gasteiger partial charge in [0.05, 0.1) is 11.9 Å². The summed E-state index contributed by atoms with van der Waals surface area (Å²) < 4.78 is 10.5.